The molecule has 0 heterocycles. The van der Waals surface area contributed by atoms with E-state index in [2.05, 4.69) is 31.2 Å². The molecule has 0 N–H and O–H groups in total. The summed E-state index contributed by atoms with van der Waals surface area (Å²) in [5.74, 6) is 0.0449. The van der Waals surface area contributed by atoms with Gasteiger partial charge in [-0.2, -0.15) is 0 Å². The lowest BCUT2D eigenvalue weighted by atomic mass is 10.0. The third-order valence-electron chi connectivity index (χ3n) is 2.18. The third-order valence-corrected chi connectivity index (χ3v) is 2.18. The van der Waals surface area contributed by atoms with Crippen molar-refractivity contribution in [2.24, 2.45) is 0 Å². The molecule has 0 saturated heterocycles. The highest BCUT2D eigenvalue weighted by Crippen LogP contribution is 2.15. The van der Waals surface area contributed by atoms with E-state index < -0.39 is 0 Å². The number of rotatable bonds is 3. The van der Waals surface area contributed by atoms with Gasteiger partial charge in [0.05, 0.1) is 6.61 Å². The summed E-state index contributed by atoms with van der Waals surface area (Å²) in [7, 11) is 0. The summed E-state index contributed by atoms with van der Waals surface area (Å²) >= 11 is 0. The van der Waals surface area contributed by atoms with E-state index in [-0.39, 0.29) is 11.9 Å². The van der Waals surface area contributed by atoms with E-state index in [0.717, 1.165) is 0 Å². The van der Waals surface area contributed by atoms with Crippen LogP contribution >= 0.6 is 0 Å². The minimum absolute atomic E-state index is 0.219. The summed E-state index contributed by atoms with van der Waals surface area (Å²) in [5, 5.41) is 0. The van der Waals surface area contributed by atoms with Crippen LogP contribution in [0.3, 0.4) is 0 Å². The van der Waals surface area contributed by atoms with Crippen LogP contribution in [0.2, 0.25) is 0 Å². The summed E-state index contributed by atoms with van der Waals surface area (Å²) in [4.78, 5) is 10.6. The van der Waals surface area contributed by atoms with Crippen LogP contribution in [0.4, 0.5) is 0 Å². The SMILES string of the molecule is CC(=O)OCC(C)c1ccc(C)cc1. The van der Waals surface area contributed by atoms with Gasteiger partial charge >= 0.3 is 5.97 Å². The molecule has 1 atom stereocenters. The molecule has 1 aromatic carbocycles. The summed E-state index contributed by atoms with van der Waals surface area (Å²) in [6.07, 6.45) is 0. The number of carbonyl (C=O) groups is 1. The molecule has 0 radical (unpaired) electrons. The van der Waals surface area contributed by atoms with Gasteiger partial charge in [0.15, 0.2) is 0 Å². The number of aryl methyl sites for hydroxylation is 1. The van der Waals surface area contributed by atoms with E-state index in [9.17, 15) is 4.79 Å². The monoisotopic (exact) mass is 192 g/mol. The number of esters is 1. The van der Waals surface area contributed by atoms with Crippen LogP contribution in [0.25, 0.3) is 0 Å². The Balaban J connectivity index is 2.56. The lowest BCUT2D eigenvalue weighted by molar-refractivity contribution is -0.141. The van der Waals surface area contributed by atoms with Crippen molar-refractivity contribution in [1.82, 2.24) is 0 Å². The van der Waals surface area contributed by atoms with E-state index in [0.29, 0.717) is 6.61 Å². The van der Waals surface area contributed by atoms with Crippen LogP contribution in [0.15, 0.2) is 24.3 Å². The Labute approximate surface area is 84.9 Å². The molecule has 0 amide bonds. The molecule has 0 bridgehead atoms. The van der Waals surface area contributed by atoms with Gasteiger partial charge < -0.3 is 4.74 Å². The van der Waals surface area contributed by atoms with Gasteiger partial charge in [0.25, 0.3) is 0 Å². The molecule has 0 fully saturated rings. The average molecular weight is 192 g/mol. The number of ether oxygens (including phenoxy) is 1. The molecule has 2 heteroatoms. The molecule has 0 aliphatic rings. The highest BCUT2D eigenvalue weighted by Gasteiger charge is 2.06. The van der Waals surface area contributed by atoms with Gasteiger partial charge in [-0.1, -0.05) is 36.8 Å². The van der Waals surface area contributed by atoms with E-state index in [4.69, 9.17) is 4.74 Å². The minimum atomic E-state index is -0.219. The van der Waals surface area contributed by atoms with Gasteiger partial charge in [-0.05, 0) is 12.5 Å². The lowest BCUT2D eigenvalue weighted by Crippen LogP contribution is -2.07. The zero-order chi connectivity index (χ0) is 10.6. The van der Waals surface area contributed by atoms with Gasteiger partial charge in [0.1, 0.15) is 0 Å². The zero-order valence-corrected chi connectivity index (χ0v) is 8.91. The molecule has 0 aliphatic heterocycles. The second-order valence-electron chi connectivity index (χ2n) is 3.61. The first-order valence-electron chi connectivity index (χ1n) is 4.79. The van der Waals surface area contributed by atoms with E-state index >= 15 is 0 Å². The maximum absolute atomic E-state index is 10.6. The van der Waals surface area contributed by atoms with Crippen molar-refractivity contribution < 1.29 is 9.53 Å². The molecule has 1 unspecified atom stereocenters. The topological polar surface area (TPSA) is 26.3 Å². The first-order valence-corrected chi connectivity index (χ1v) is 4.79. The van der Waals surface area contributed by atoms with E-state index in [1.54, 1.807) is 0 Å². The van der Waals surface area contributed by atoms with Gasteiger partial charge in [-0.25, -0.2) is 0 Å². The van der Waals surface area contributed by atoms with Crippen LogP contribution in [-0.4, -0.2) is 12.6 Å². The molecule has 1 rings (SSSR count). The summed E-state index contributed by atoms with van der Waals surface area (Å²) in [5.41, 5.74) is 2.45. The molecule has 0 aliphatic carbocycles. The van der Waals surface area contributed by atoms with E-state index in [1.165, 1.54) is 18.1 Å². The van der Waals surface area contributed by atoms with Crippen LogP contribution in [0.5, 0.6) is 0 Å². The van der Waals surface area contributed by atoms with Gasteiger partial charge in [-0.15, -0.1) is 0 Å². The summed E-state index contributed by atoms with van der Waals surface area (Å²) < 4.78 is 4.95. The smallest absolute Gasteiger partial charge is 0.302 e. The molecule has 1 aromatic rings. The minimum Gasteiger partial charge on any atom is -0.465 e. The summed E-state index contributed by atoms with van der Waals surface area (Å²) in [6, 6.07) is 8.28. The van der Waals surface area contributed by atoms with Crippen molar-refractivity contribution in [2.75, 3.05) is 6.61 Å². The fraction of sp³-hybridized carbons (Fsp3) is 0.417. The van der Waals surface area contributed by atoms with Crippen molar-refractivity contribution in [3.8, 4) is 0 Å². The first-order chi connectivity index (χ1) is 6.59. The summed E-state index contributed by atoms with van der Waals surface area (Å²) in [6.45, 7) is 5.99. The van der Waals surface area contributed by atoms with Gasteiger partial charge in [-0.3, -0.25) is 4.79 Å². The van der Waals surface area contributed by atoms with Crippen molar-refractivity contribution in [1.29, 1.82) is 0 Å². The van der Waals surface area contributed by atoms with Crippen LogP contribution in [-0.2, 0) is 9.53 Å². The fourth-order valence-electron chi connectivity index (χ4n) is 1.23. The van der Waals surface area contributed by atoms with E-state index in [1.807, 2.05) is 6.92 Å². The fourth-order valence-corrected chi connectivity index (χ4v) is 1.23. The molecule has 0 spiro atoms. The molecular weight excluding hydrogens is 176 g/mol. The Morgan fingerprint density at radius 2 is 1.93 bits per heavy atom. The van der Waals surface area contributed by atoms with Crippen molar-refractivity contribution in [2.45, 2.75) is 26.7 Å². The molecular formula is C12H16O2. The number of hydrogen-bond acceptors (Lipinski definition) is 2. The highest BCUT2D eigenvalue weighted by atomic mass is 16.5. The second kappa shape index (κ2) is 4.80. The molecule has 0 aromatic heterocycles. The second-order valence-corrected chi connectivity index (χ2v) is 3.61. The van der Waals surface area contributed by atoms with Crippen molar-refractivity contribution >= 4 is 5.97 Å². The van der Waals surface area contributed by atoms with Crippen molar-refractivity contribution in [3.05, 3.63) is 35.4 Å². The first kappa shape index (κ1) is 10.8. The van der Waals surface area contributed by atoms with Crippen molar-refractivity contribution in [3.63, 3.8) is 0 Å². The average Bonchev–Trinajstić information content (AvgIpc) is 2.15. The Kier molecular flexibility index (Phi) is 3.69. The molecule has 76 valence electrons. The van der Waals surface area contributed by atoms with Crippen LogP contribution in [0, 0.1) is 6.92 Å². The standard InChI is InChI=1S/C12H16O2/c1-9-4-6-12(7-5-9)10(2)8-14-11(3)13/h4-7,10H,8H2,1-3H3. The Bertz CT molecular complexity index is 301. The normalized spacial score (nSPS) is 12.2. The largest absolute Gasteiger partial charge is 0.465 e. The Hall–Kier alpha value is -1.31. The Morgan fingerprint density at radius 3 is 2.43 bits per heavy atom. The number of carbonyl (C=O) groups excluding carboxylic acids is 1. The lowest BCUT2D eigenvalue weighted by Gasteiger charge is -2.11. The Morgan fingerprint density at radius 1 is 1.36 bits per heavy atom. The van der Waals surface area contributed by atoms with Gasteiger partial charge in [0, 0.05) is 12.8 Å². The van der Waals surface area contributed by atoms with Crippen LogP contribution < -0.4 is 0 Å². The maximum Gasteiger partial charge on any atom is 0.302 e. The van der Waals surface area contributed by atoms with Gasteiger partial charge in [0.2, 0.25) is 0 Å². The predicted octanol–water partition coefficient (Wildman–Crippen LogP) is 2.66. The molecule has 0 saturated carbocycles. The van der Waals surface area contributed by atoms with Crippen LogP contribution in [0.1, 0.15) is 30.9 Å². The molecule has 14 heavy (non-hydrogen) atoms. The zero-order valence-electron chi connectivity index (χ0n) is 8.91. The molecule has 2 nitrogen and oxygen atoms in total. The number of hydrogen-bond donors (Lipinski definition) is 0. The maximum atomic E-state index is 10.6. The number of benzene rings is 1. The highest BCUT2D eigenvalue weighted by molar-refractivity contribution is 5.65. The quantitative estimate of drug-likeness (QED) is 0.688. The third kappa shape index (κ3) is 3.21. The predicted molar refractivity (Wildman–Crippen MR) is 56.2 cm³/mol.